The maximum Gasteiger partial charge on any atom is 0 e. The monoisotopic (exact) mass is 722 g/mol. The van der Waals surface area contributed by atoms with Crippen LogP contribution in [0.15, 0.2) is 146 Å². The third-order valence-electron chi connectivity index (χ3n) is 6.37. The smallest absolute Gasteiger partial charge is 0 e. The maximum atomic E-state index is 8.49. The zero-order valence-corrected chi connectivity index (χ0v) is 28.2. The van der Waals surface area contributed by atoms with Gasteiger partial charge in [0.2, 0.25) is 0 Å². The largest absolute Gasteiger partial charge is 0.222 e. The molecule has 0 fully saturated rings. The molecule has 1 aliphatic carbocycles. The Morgan fingerprint density at radius 1 is 0.419 bits per heavy atom. The summed E-state index contributed by atoms with van der Waals surface area (Å²) in [6.45, 7) is 0. The van der Waals surface area contributed by atoms with Gasteiger partial charge in [-0.2, -0.15) is 0 Å². The first-order valence-electron chi connectivity index (χ1n) is 14.1. The molecule has 1 radical (unpaired) electrons. The molecule has 4 aromatic rings. The number of rotatable bonds is 8. The summed E-state index contributed by atoms with van der Waals surface area (Å²) in [5.74, 6) is 0. The van der Waals surface area contributed by atoms with Crippen molar-refractivity contribution in [2.24, 2.45) is 0 Å². The summed E-state index contributed by atoms with van der Waals surface area (Å²) in [6.07, 6.45) is 17.7. The molecule has 0 bridgehead atoms. The van der Waals surface area contributed by atoms with E-state index in [9.17, 15) is 0 Å². The Balaban J connectivity index is 0.000000384. The zero-order valence-electron chi connectivity index (χ0n) is 24.0. The molecule has 0 N–H and O–H groups in total. The molecule has 4 nitrogen and oxygen atoms in total. The summed E-state index contributed by atoms with van der Waals surface area (Å²) in [5, 5.41) is 5.94. The molecule has 0 heterocycles. The van der Waals surface area contributed by atoms with Gasteiger partial charge in [-0.05, 0) is 81.5 Å². The molecule has 0 amide bonds. The summed E-state index contributed by atoms with van der Waals surface area (Å²) < 4.78 is 34.0. The summed E-state index contributed by atoms with van der Waals surface area (Å²) in [5.41, 5.74) is 0. The van der Waals surface area contributed by atoms with Gasteiger partial charge in [-0.3, -0.25) is 0 Å². The second-order valence-electron chi connectivity index (χ2n) is 9.47. The van der Waals surface area contributed by atoms with Crippen LogP contribution < -0.4 is 39.9 Å². The van der Waals surface area contributed by atoms with Gasteiger partial charge >= 0.3 is 0 Å². The van der Waals surface area contributed by atoms with Crippen LogP contribution in [0.3, 0.4) is 0 Å². The Kier molecular flexibility index (Phi) is 18.7. The first kappa shape index (κ1) is 37.2. The maximum absolute atomic E-state index is 8.49. The second kappa shape index (κ2) is 21.6. The predicted molar refractivity (Wildman–Crippen MR) is 169 cm³/mol. The fourth-order valence-electron chi connectivity index (χ4n) is 4.49. The van der Waals surface area contributed by atoms with Crippen molar-refractivity contribution >= 4 is 37.1 Å². The zero-order chi connectivity index (χ0) is 29.9. The molecule has 0 aliphatic heterocycles. The van der Waals surface area contributed by atoms with Crippen LogP contribution >= 0.6 is 15.8 Å². The molecule has 0 unspecified atom stereocenters. The third kappa shape index (κ3) is 16.0. The van der Waals surface area contributed by atoms with Crippen LogP contribution in [0, 0.1) is 10.2 Å². The van der Waals surface area contributed by atoms with E-state index in [2.05, 4.69) is 146 Å². The van der Waals surface area contributed by atoms with Crippen LogP contribution in [0.5, 0.6) is 0 Å². The molecule has 0 saturated carbocycles. The molecule has 4 aromatic carbocycles. The average Bonchev–Trinajstić information content (AvgIpc) is 2.98. The van der Waals surface area contributed by atoms with E-state index in [4.69, 9.17) is 18.6 Å². The van der Waals surface area contributed by atoms with Crippen LogP contribution in [-0.4, -0.2) is 12.3 Å². The minimum absolute atomic E-state index is 0. The minimum atomic E-state index is -4.94. The molecule has 43 heavy (non-hydrogen) atoms. The van der Waals surface area contributed by atoms with E-state index in [-0.39, 0.29) is 35.3 Å². The SMILES string of the molecule is C1=C\CC/C=C\CC/1.[O-][Cl+3]([O-])([O-])[O-].[Rh].c1ccc(P(CCCP(c2ccccc2)c2ccccc2)c2ccccc2)cc1. The summed E-state index contributed by atoms with van der Waals surface area (Å²) >= 11 is 0. The minimum Gasteiger partial charge on any atom is -0.222 e. The molecule has 0 atom stereocenters. The second-order valence-corrected chi connectivity index (χ2v) is 14.9. The first-order chi connectivity index (χ1) is 20.4. The van der Waals surface area contributed by atoms with Gasteiger partial charge in [0.25, 0.3) is 0 Å². The van der Waals surface area contributed by atoms with Crippen molar-refractivity contribution in [2.45, 2.75) is 32.1 Å². The summed E-state index contributed by atoms with van der Waals surface area (Å²) in [4.78, 5) is 0. The summed E-state index contributed by atoms with van der Waals surface area (Å²) in [6, 6.07) is 44.3. The van der Waals surface area contributed by atoms with Gasteiger partial charge < -0.3 is 0 Å². The van der Waals surface area contributed by atoms with Crippen molar-refractivity contribution in [3.63, 3.8) is 0 Å². The predicted octanol–water partition coefficient (Wildman–Crippen LogP) is 3.56. The van der Waals surface area contributed by atoms with Crippen LogP contribution in [0.2, 0.25) is 0 Å². The summed E-state index contributed by atoms with van der Waals surface area (Å²) in [7, 11) is -5.56. The number of allylic oxidation sites excluding steroid dienone is 4. The van der Waals surface area contributed by atoms with Gasteiger partial charge in [-0.25, -0.2) is 18.6 Å². The quantitative estimate of drug-likeness (QED) is 0.158. The standard InChI is InChI=1S/C27H26P2.C8H12.ClHO4.Rh/c1-5-14-24(15-6-1)28(25-16-7-2-8-17-25)22-13-23-29(26-18-9-3-10-19-26)27-20-11-4-12-21-27;1-2-4-6-8-7-5-3-1;2-1(3,4)5;/h1-12,14-21H,13,22-23H2;1-2,7-8H,3-6H2;(H,2,3,4,5);/p-1/b;2-1-,8-7-;;. The van der Waals surface area contributed by atoms with Gasteiger partial charge in [-0.15, -0.1) is 10.2 Å². The fourth-order valence-corrected chi connectivity index (χ4v) is 9.44. The van der Waals surface area contributed by atoms with E-state index in [1.54, 1.807) is 0 Å². The Hall–Kier alpha value is -2.03. The van der Waals surface area contributed by atoms with Crippen LogP contribution in [0.4, 0.5) is 0 Å². The molecule has 229 valence electrons. The third-order valence-corrected chi connectivity index (χ3v) is 11.6. The average molecular weight is 723 g/mol. The molecule has 0 saturated heterocycles. The van der Waals surface area contributed by atoms with Gasteiger partial charge in [0.1, 0.15) is 0 Å². The van der Waals surface area contributed by atoms with E-state index in [0.29, 0.717) is 0 Å². The molecule has 8 heteroatoms. The van der Waals surface area contributed by atoms with E-state index in [1.807, 2.05) is 0 Å². The Morgan fingerprint density at radius 2 is 0.628 bits per heavy atom. The number of hydrogen-bond donors (Lipinski definition) is 0. The molecular weight excluding hydrogens is 685 g/mol. The van der Waals surface area contributed by atoms with Crippen molar-refractivity contribution < 1.29 is 48.4 Å². The van der Waals surface area contributed by atoms with E-state index < -0.39 is 10.2 Å². The fraction of sp³-hybridized carbons (Fsp3) is 0.200. The van der Waals surface area contributed by atoms with Crippen molar-refractivity contribution in [1.29, 1.82) is 0 Å². The first-order valence-corrected chi connectivity index (χ1v) is 18.4. The van der Waals surface area contributed by atoms with E-state index in [0.717, 1.165) is 0 Å². The van der Waals surface area contributed by atoms with Crippen molar-refractivity contribution in [3.05, 3.63) is 146 Å². The molecule has 0 aromatic heterocycles. The van der Waals surface area contributed by atoms with Crippen LogP contribution in [0.25, 0.3) is 0 Å². The molecular formula is C35H38ClO4P2Rh-. The molecule has 1 aliphatic rings. The van der Waals surface area contributed by atoms with Crippen LogP contribution in [-0.2, 0) is 19.5 Å². The van der Waals surface area contributed by atoms with Gasteiger partial charge in [0.15, 0.2) is 0 Å². The van der Waals surface area contributed by atoms with Gasteiger partial charge in [0.05, 0.1) is 0 Å². The topological polar surface area (TPSA) is 92.2 Å². The Labute approximate surface area is 274 Å². The number of hydrogen-bond acceptors (Lipinski definition) is 4. The van der Waals surface area contributed by atoms with E-state index in [1.165, 1.54) is 65.6 Å². The normalized spacial score (nSPS) is 14.1. The van der Waals surface area contributed by atoms with Gasteiger partial charge in [0, 0.05) is 19.5 Å². The Bertz CT molecular complexity index is 1110. The van der Waals surface area contributed by atoms with Crippen molar-refractivity contribution in [2.75, 3.05) is 12.3 Å². The molecule has 5 rings (SSSR count). The Morgan fingerprint density at radius 3 is 0.837 bits per heavy atom. The number of benzene rings is 4. The van der Waals surface area contributed by atoms with Crippen molar-refractivity contribution in [1.82, 2.24) is 0 Å². The molecule has 0 spiro atoms. The van der Waals surface area contributed by atoms with Crippen molar-refractivity contribution in [3.8, 4) is 0 Å². The van der Waals surface area contributed by atoms with Crippen LogP contribution in [0.1, 0.15) is 32.1 Å². The van der Waals surface area contributed by atoms with Gasteiger partial charge in [-0.1, -0.05) is 146 Å². The van der Waals surface area contributed by atoms with E-state index >= 15 is 0 Å². The number of halogens is 1.